The number of nitrogens with zero attached hydrogens (tertiary/aromatic N) is 1. The topological polar surface area (TPSA) is 66.8 Å². The lowest BCUT2D eigenvalue weighted by Gasteiger charge is -2.47. The highest BCUT2D eigenvalue weighted by molar-refractivity contribution is 5.83. The van der Waals surface area contributed by atoms with Gasteiger partial charge in [-0.05, 0) is 6.92 Å². The van der Waals surface area contributed by atoms with Crippen LogP contribution in [0.2, 0.25) is 0 Å². The molecule has 80 valence electrons. The van der Waals surface area contributed by atoms with Crippen LogP contribution in [-0.2, 0) is 14.3 Å². The monoisotopic (exact) mass is 201 g/mol. The Morgan fingerprint density at radius 2 is 2.29 bits per heavy atom. The molecule has 0 aromatic heterocycles. The number of hydrogen-bond donors (Lipinski definition) is 1. The van der Waals surface area contributed by atoms with E-state index >= 15 is 0 Å². The summed E-state index contributed by atoms with van der Waals surface area (Å²) in [6.07, 6.45) is 1.28. The number of carbonyl (C=O) groups is 2. The summed E-state index contributed by atoms with van der Waals surface area (Å²) in [5.41, 5.74) is -1.04. The standard InChI is InChI=1S/C9H15NO4/c1-3-14-7-4-9(5-7,8(12)13)10(2)6-11/h6-7H,3-5H2,1-2H3,(H,12,13). The van der Waals surface area contributed by atoms with E-state index in [-0.39, 0.29) is 6.10 Å². The third kappa shape index (κ3) is 1.59. The SMILES string of the molecule is CCOC1CC(C(=O)O)(N(C)C=O)C1. The van der Waals surface area contributed by atoms with Gasteiger partial charge in [0.2, 0.25) is 6.41 Å². The molecule has 0 aromatic rings. The van der Waals surface area contributed by atoms with Crippen molar-refractivity contribution in [1.29, 1.82) is 0 Å². The summed E-state index contributed by atoms with van der Waals surface area (Å²) in [6.45, 7) is 2.44. The molecule has 5 heteroatoms. The van der Waals surface area contributed by atoms with Crippen LogP contribution in [0.1, 0.15) is 19.8 Å². The van der Waals surface area contributed by atoms with Crippen molar-refractivity contribution in [2.45, 2.75) is 31.4 Å². The number of amides is 1. The zero-order valence-corrected chi connectivity index (χ0v) is 8.40. The molecule has 0 aliphatic heterocycles. The number of carboxylic acid groups (broad SMARTS) is 1. The lowest BCUT2D eigenvalue weighted by atomic mass is 9.73. The summed E-state index contributed by atoms with van der Waals surface area (Å²) in [5, 5.41) is 9.02. The molecule has 1 N–H and O–H groups in total. The van der Waals surface area contributed by atoms with Crippen LogP contribution in [0, 0.1) is 0 Å². The molecule has 1 aliphatic rings. The molecule has 1 fully saturated rings. The van der Waals surface area contributed by atoms with Crippen molar-refractivity contribution in [3.05, 3.63) is 0 Å². The maximum Gasteiger partial charge on any atom is 0.329 e. The van der Waals surface area contributed by atoms with Gasteiger partial charge in [-0.3, -0.25) is 4.79 Å². The van der Waals surface area contributed by atoms with Crippen LogP contribution in [0.4, 0.5) is 0 Å². The van der Waals surface area contributed by atoms with Crippen LogP contribution in [0.3, 0.4) is 0 Å². The van der Waals surface area contributed by atoms with E-state index in [0.29, 0.717) is 25.9 Å². The Kier molecular flexibility index (Phi) is 3.10. The van der Waals surface area contributed by atoms with Crippen molar-refractivity contribution in [3.63, 3.8) is 0 Å². The first-order chi connectivity index (χ1) is 6.56. The molecule has 0 radical (unpaired) electrons. The Hall–Kier alpha value is -1.10. The highest BCUT2D eigenvalue weighted by Gasteiger charge is 2.54. The minimum absolute atomic E-state index is 0.0292. The summed E-state index contributed by atoms with van der Waals surface area (Å²) in [4.78, 5) is 22.7. The van der Waals surface area contributed by atoms with Gasteiger partial charge in [-0.2, -0.15) is 0 Å². The molecular weight excluding hydrogens is 186 g/mol. The molecule has 0 saturated heterocycles. The first-order valence-electron chi connectivity index (χ1n) is 4.60. The minimum atomic E-state index is -1.04. The largest absolute Gasteiger partial charge is 0.479 e. The summed E-state index contributed by atoms with van der Waals surface area (Å²) in [6, 6.07) is 0. The fraction of sp³-hybridized carbons (Fsp3) is 0.778. The van der Waals surface area contributed by atoms with E-state index in [1.807, 2.05) is 6.92 Å². The minimum Gasteiger partial charge on any atom is -0.479 e. The van der Waals surface area contributed by atoms with Crippen LogP contribution in [0.5, 0.6) is 0 Å². The predicted octanol–water partition coefficient (Wildman–Crippen LogP) is 0.0969. The lowest BCUT2D eigenvalue weighted by Crippen LogP contribution is -2.63. The molecule has 1 saturated carbocycles. The van der Waals surface area contributed by atoms with Crippen molar-refractivity contribution < 1.29 is 19.4 Å². The Balaban J connectivity index is 2.62. The normalized spacial score (nSPS) is 30.6. The third-order valence-electron chi connectivity index (χ3n) is 2.76. The fourth-order valence-corrected chi connectivity index (χ4v) is 1.76. The third-order valence-corrected chi connectivity index (χ3v) is 2.76. The van der Waals surface area contributed by atoms with E-state index in [4.69, 9.17) is 9.84 Å². The quantitative estimate of drug-likeness (QED) is 0.640. The van der Waals surface area contributed by atoms with Crippen molar-refractivity contribution in [3.8, 4) is 0 Å². The number of carboxylic acids is 1. The molecular formula is C9H15NO4. The summed E-state index contributed by atoms with van der Waals surface area (Å²) < 4.78 is 5.27. The van der Waals surface area contributed by atoms with E-state index in [0.717, 1.165) is 0 Å². The lowest BCUT2D eigenvalue weighted by molar-refractivity contribution is -0.172. The molecule has 14 heavy (non-hydrogen) atoms. The first kappa shape index (κ1) is 11.0. The average Bonchev–Trinajstić information content (AvgIpc) is 2.08. The van der Waals surface area contributed by atoms with Crippen molar-refractivity contribution in [2.75, 3.05) is 13.7 Å². The van der Waals surface area contributed by atoms with Crippen LogP contribution in [-0.4, -0.2) is 47.7 Å². The number of ether oxygens (including phenoxy) is 1. The molecule has 0 spiro atoms. The van der Waals surface area contributed by atoms with Crippen molar-refractivity contribution >= 4 is 12.4 Å². The maximum atomic E-state index is 11.0. The first-order valence-corrected chi connectivity index (χ1v) is 4.60. The van der Waals surface area contributed by atoms with Crippen LogP contribution in [0.15, 0.2) is 0 Å². The molecule has 1 rings (SSSR count). The summed E-state index contributed by atoms with van der Waals surface area (Å²) in [5.74, 6) is -0.956. The molecule has 5 nitrogen and oxygen atoms in total. The Bertz CT molecular complexity index is 235. The van der Waals surface area contributed by atoms with E-state index in [2.05, 4.69) is 0 Å². The van der Waals surface area contributed by atoms with Gasteiger partial charge < -0.3 is 14.7 Å². The van der Waals surface area contributed by atoms with Gasteiger partial charge in [0.05, 0.1) is 6.10 Å². The van der Waals surface area contributed by atoms with Gasteiger partial charge in [-0.1, -0.05) is 0 Å². The van der Waals surface area contributed by atoms with E-state index in [1.54, 1.807) is 0 Å². The second kappa shape index (κ2) is 3.96. The molecule has 0 atom stereocenters. The zero-order valence-electron chi connectivity index (χ0n) is 8.40. The zero-order chi connectivity index (χ0) is 10.8. The number of likely N-dealkylation sites (N-methyl/N-ethyl adjacent to an activating group) is 1. The summed E-state index contributed by atoms with van der Waals surface area (Å²) in [7, 11) is 1.49. The second-order valence-corrected chi connectivity index (χ2v) is 3.54. The van der Waals surface area contributed by atoms with Crippen LogP contribution >= 0.6 is 0 Å². The Morgan fingerprint density at radius 3 is 2.64 bits per heavy atom. The van der Waals surface area contributed by atoms with Gasteiger partial charge in [-0.15, -0.1) is 0 Å². The number of carbonyl (C=O) groups excluding carboxylic acids is 1. The molecule has 0 unspecified atom stereocenters. The molecule has 1 aliphatic carbocycles. The van der Waals surface area contributed by atoms with Gasteiger partial charge in [0, 0.05) is 26.5 Å². The second-order valence-electron chi connectivity index (χ2n) is 3.54. The summed E-state index contributed by atoms with van der Waals surface area (Å²) >= 11 is 0. The van der Waals surface area contributed by atoms with Crippen molar-refractivity contribution in [1.82, 2.24) is 4.90 Å². The smallest absolute Gasteiger partial charge is 0.329 e. The molecule has 1 amide bonds. The van der Waals surface area contributed by atoms with E-state index in [9.17, 15) is 9.59 Å². The van der Waals surface area contributed by atoms with Gasteiger partial charge in [0.25, 0.3) is 0 Å². The number of aliphatic carboxylic acids is 1. The van der Waals surface area contributed by atoms with Crippen LogP contribution < -0.4 is 0 Å². The average molecular weight is 201 g/mol. The molecule has 0 heterocycles. The van der Waals surface area contributed by atoms with E-state index in [1.165, 1.54) is 11.9 Å². The van der Waals surface area contributed by atoms with Gasteiger partial charge >= 0.3 is 5.97 Å². The van der Waals surface area contributed by atoms with Crippen molar-refractivity contribution in [2.24, 2.45) is 0 Å². The predicted molar refractivity (Wildman–Crippen MR) is 48.8 cm³/mol. The number of rotatable bonds is 5. The highest BCUT2D eigenvalue weighted by Crippen LogP contribution is 2.38. The van der Waals surface area contributed by atoms with E-state index < -0.39 is 11.5 Å². The van der Waals surface area contributed by atoms with Crippen LogP contribution in [0.25, 0.3) is 0 Å². The van der Waals surface area contributed by atoms with Gasteiger partial charge in [0.1, 0.15) is 5.54 Å². The maximum absolute atomic E-state index is 11.0. The van der Waals surface area contributed by atoms with Gasteiger partial charge in [0.15, 0.2) is 0 Å². The number of hydrogen-bond acceptors (Lipinski definition) is 3. The molecule has 0 aromatic carbocycles. The Labute approximate surface area is 82.6 Å². The Morgan fingerprint density at radius 1 is 1.71 bits per heavy atom. The fourth-order valence-electron chi connectivity index (χ4n) is 1.76. The molecule has 0 bridgehead atoms. The van der Waals surface area contributed by atoms with Gasteiger partial charge in [-0.25, -0.2) is 4.79 Å². The highest BCUT2D eigenvalue weighted by atomic mass is 16.5.